The molecular weight excluding hydrogens is 290 g/mol. The van der Waals surface area contributed by atoms with Crippen LogP contribution in [0.3, 0.4) is 0 Å². The van der Waals surface area contributed by atoms with E-state index in [9.17, 15) is 9.59 Å². The number of benzene rings is 1. The van der Waals surface area contributed by atoms with Crippen molar-refractivity contribution < 1.29 is 9.59 Å². The van der Waals surface area contributed by atoms with Crippen molar-refractivity contribution in [3.05, 3.63) is 34.9 Å². The minimum Gasteiger partial charge on any atom is -0.353 e. The van der Waals surface area contributed by atoms with E-state index in [0.717, 1.165) is 18.4 Å². The van der Waals surface area contributed by atoms with Crippen LogP contribution in [0.2, 0.25) is 5.02 Å². The Balaban J connectivity index is 1.67. The smallest absolute Gasteiger partial charge is 0.242 e. The van der Waals surface area contributed by atoms with Crippen molar-refractivity contribution in [3.8, 4) is 0 Å². The molecule has 2 N–H and O–H groups in total. The molecular formula is C15H18ClN3O2. The summed E-state index contributed by atoms with van der Waals surface area (Å²) in [6, 6.07) is 7.57. The summed E-state index contributed by atoms with van der Waals surface area (Å²) in [7, 11) is 0. The molecule has 112 valence electrons. The average Bonchev–Trinajstić information content (AvgIpc) is 3.31. The van der Waals surface area contributed by atoms with Crippen molar-refractivity contribution in [2.24, 2.45) is 0 Å². The number of hydrogen-bond acceptors (Lipinski definition) is 3. The standard InChI is InChI=1S/C15H18ClN3O2/c16-11-3-1-10(2-4-11)9-19(12-5-6-12)15(21)13-7-18-14(20)8-17-13/h1-4,12-13,17H,5-9H2,(H,18,20). The van der Waals surface area contributed by atoms with Crippen LogP contribution in [0.1, 0.15) is 18.4 Å². The Kier molecular flexibility index (Phi) is 4.12. The van der Waals surface area contributed by atoms with Crippen LogP contribution in [0.4, 0.5) is 0 Å². The highest BCUT2D eigenvalue weighted by Gasteiger charge is 2.36. The Morgan fingerprint density at radius 2 is 2.00 bits per heavy atom. The fraction of sp³-hybridized carbons (Fsp3) is 0.467. The molecule has 1 aliphatic carbocycles. The lowest BCUT2D eigenvalue weighted by Gasteiger charge is -2.30. The molecule has 2 fully saturated rings. The van der Waals surface area contributed by atoms with Gasteiger partial charge in [0, 0.05) is 24.2 Å². The van der Waals surface area contributed by atoms with E-state index in [2.05, 4.69) is 10.6 Å². The third-order valence-corrected chi connectivity index (χ3v) is 4.10. The van der Waals surface area contributed by atoms with Crippen LogP contribution in [-0.2, 0) is 16.1 Å². The van der Waals surface area contributed by atoms with E-state index >= 15 is 0 Å². The maximum atomic E-state index is 12.6. The van der Waals surface area contributed by atoms with Crippen LogP contribution in [0.15, 0.2) is 24.3 Å². The molecule has 1 aromatic rings. The van der Waals surface area contributed by atoms with Gasteiger partial charge < -0.3 is 10.2 Å². The second kappa shape index (κ2) is 6.03. The van der Waals surface area contributed by atoms with E-state index in [0.29, 0.717) is 24.2 Å². The first-order valence-electron chi connectivity index (χ1n) is 7.18. The molecule has 1 saturated carbocycles. The van der Waals surface area contributed by atoms with Gasteiger partial charge in [0.05, 0.1) is 6.54 Å². The number of piperazine rings is 1. The first kappa shape index (κ1) is 14.4. The Labute approximate surface area is 128 Å². The summed E-state index contributed by atoms with van der Waals surface area (Å²) in [5, 5.41) is 6.43. The lowest BCUT2D eigenvalue weighted by molar-refractivity contribution is -0.136. The number of nitrogens with zero attached hydrogens (tertiary/aromatic N) is 1. The number of hydrogen-bond donors (Lipinski definition) is 2. The van der Waals surface area contributed by atoms with Gasteiger partial charge in [0.25, 0.3) is 0 Å². The first-order valence-corrected chi connectivity index (χ1v) is 7.56. The molecule has 1 aliphatic heterocycles. The van der Waals surface area contributed by atoms with Crippen LogP contribution >= 0.6 is 11.6 Å². The zero-order chi connectivity index (χ0) is 14.8. The minimum atomic E-state index is -0.324. The quantitative estimate of drug-likeness (QED) is 0.869. The first-order chi connectivity index (χ1) is 10.1. The summed E-state index contributed by atoms with van der Waals surface area (Å²) in [5.74, 6) is 0.00201. The second-order valence-corrected chi connectivity index (χ2v) is 6.00. The van der Waals surface area contributed by atoms with E-state index in [-0.39, 0.29) is 24.4 Å². The maximum absolute atomic E-state index is 12.6. The van der Waals surface area contributed by atoms with Crippen LogP contribution in [-0.4, -0.2) is 41.9 Å². The molecule has 0 radical (unpaired) electrons. The molecule has 1 aromatic carbocycles. The predicted octanol–water partition coefficient (Wildman–Crippen LogP) is 0.919. The van der Waals surface area contributed by atoms with Crippen LogP contribution < -0.4 is 10.6 Å². The largest absolute Gasteiger partial charge is 0.353 e. The number of amides is 2. The van der Waals surface area contributed by atoms with Gasteiger partial charge in [0.15, 0.2) is 0 Å². The van der Waals surface area contributed by atoms with Crippen molar-refractivity contribution in [1.82, 2.24) is 15.5 Å². The number of rotatable bonds is 4. The summed E-state index contributed by atoms with van der Waals surface area (Å²) in [6.07, 6.45) is 2.11. The van der Waals surface area contributed by atoms with Crippen molar-refractivity contribution >= 4 is 23.4 Å². The topological polar surface area (TPSA) is 61.4 Å². The highest BCUT2D eigenvalue weighted by atomic mass is 35.5. The Bertz CT molecular complexity index is 532. The molecule has 1 heterocycles. The number of halogens is 1. The normalized spacial score (nSPS) is 21.8. The van der Waals surface area contributed by atoms with Gasteiger partial charge in [-0.25, -0.2) is 0 Å². The lowest BCUT2D eigenvalue weighted by Crippen LogP contribution is -2.58. The molecule has 1 unspecified atom stereocenters. The van der Waals surface area contributed by atoms with Crippen LogP contribution in [0.5, 0.6) is 0 Å². The van der Waals surface area contributed by atoms with Crippen LogP contribution in [0, 0.1) is 0 Å². The number of nitrogens with one attached hydrogen (secondary N) is 2. The SMILES string of the molecule is O=C1CNC(C(=O)N(Cc2ccc(Cl)cc2)C2CC2)CN1. The average molecular weight is 308 g/mol. The van der Waals surface area contributed by atoms with E-state index in [1.54, 1.807) is 0 Å². The third-order valence-electron chi connectivity index (χ3n) is 3.85. The third kappa shape index (κ3) is 3.54. The van der Waals surface area contributed by atoms with Gasteiger partial charge >= 0.3 is 0 Å². The highest BCUT2D eigenvalue weighted by Crippen LogP contribution is 2.29. The van der Waals surface area contributed by atoms with Gasteiger partial charge in [0.1, 0.15) is 6.04 Å². The minimum absolute atomic E-state index is 0.0604. The second-order valence-electron chi connectivity index (χ2n) is 5.56. The van der Waals surface area contributed by atoms with Gasteiger partial charge in [0.2, 0.25) is 11.8 Å². The number of carbonyl (C=O) groups is 2. The summed E-state index contributed by atoms with van der Waals surface area (Å²) >= 11 is 5.89. The molecule has 3 rings (SSSR count). The zero-order valence-electron chi connectivity index (χ0n) is 11.6. The molecule has 2 aliphatic rings. The lowest BCUT2D eigenvalue weighted by atomic mass is 10.1. The maximum Gasteiger partial charge on any atom is 0.242 e. The molecule has 1 atom stereocenters. The summed E-state index contributed by atoms with van der Waals surface area (Å²) in [5.41, 5.74) is 1.07. The van der Waals surface area contributed by atoms with Crippen molar-refractivity contribution in [3.63, 3.8) is 0 Å². The fourth-order valence-corrected chi connectivity index (χ4v) is 2.63. The molecule has 0 bridgehead atoms. The number of carbonyl (C=O) groups excluding carboxylic acids is 2. The summed E-state index contributed by atoms with van der Waals surface area (Å²) < 4.78 is 0. The fourth-order valence-electron chi connectivity index (χ4n) is 2.50. The molecule has 0 spiro atoms. The predicted molar refractivity (Wildman–Crippen MR) is 79.8 cm³/mol. The van der Waals surface area contributed by atoms with E-state index in [1.165, 1.54) is 0 Å². The van der Waals surface area contributed by atoms with E-state index in [4.69, 9.17) is 11.6 Å². The van der Waals surface area contributed by atoms with Crippen molar-refractivity contribution in [1.29, 1.82) is 0 Å². The molecule has 6 heteroatoms. The summed E-state index contributed by atoms with van der Waals surface area (Å²) in [4.78, 5) is 25.7. The van der Waals surface area contributed by atoms with Crippen LogP contribution in [0.25, 0.3) is 0 Å². The van der Waals surface area contributed by atoms with Gasteiger partial charge in [-0.2, -0.15) is 0 Å². The molecule has 2 amide bonds. The van der Waals surface area contributed by atoms with Gasteiger partial charge in [-0.3, -0.25) is 14.9 Å². The highest BCUT2D eigenvalue weighted by molar-refractivity contribution is 6.30. The molecule has 0 aromatic heterocycles. The zero-order valence-corrected chi connectivity index (χ0v) is 12.4. The molecule has 1 saturated heterocycles. The monoisotopic (exact) mass is 307 g/mol. The molecule has 21 heavy (non-hydrogen) atoms. The molecule has 5 nitrogen and oxygen atoms in total. The van der Waals surface area contributed by atoms with Crippen molar-refractivity contribution in [2.45, 2.75) is 31.5 Å². The Morgan fingerprint density at radius 1 is 1.29 bits per heavy atom. The van der Waals surface area contributed by atoms with Crippen molar-refractivity contribution in [2.75, 3.05) is 13.1 Å². The van der Waals surface area contributed by atoms with E-state index in [1.807, 2.05) is 29.2 Å². The van der Waals surface area contributed by atoms with Gasteiger partial charge in [-0.1, -0.05) is 23.7 Å². The Morgan fingerprint density at radius 3 is 2.57 bits per heavy atom. The van der Waals surface area contributed by atoms with Gasteiger partial charge in [-0.15, -0.1) is 0 Å². The van der Waals surface area contributed by atoms with E-state index < -0.39 is 0 Å². The Hall–Kier alpha value is -1.59. The summed E-state index contributed by atoms with van der Waals surface area (Å²) in [6.45, 7) is 1.16. The van der Waals surface area contributed by atoms with Gasteiger partial charge in [-0.05, 0) is 30.5 Å².